The van der Waals surface area contributed by atoms with Crippen LogP contribution in [0.25, 0.3) is 0 Å². The van der Waals surface area contributed by atoms with E-state index in [0.29, 0.717) is 22.1 Å². The normalized spacial score (nSPS) is 13.5. The Morgan fingerprint density at radius 2 is 1.73 bits per heavy atom. The third-order valence-electron chi connectivity index (χ3n) is 5.12. The minimum absolute atomic E-state index is 0.157. The van der Waals surface area contributed by atoms with Crippen LogP contribution >= 0.6 is 11.6 Å². The molecule has 8 heteroatoms. The molecule has 0 radical (unpaired) electrons. The zero-order valence-corrected chi connectivity index (χ0v) is 18.5. The quantitative estimate of drug-likeness (QED) is 0.545. The second-order valence-electron chi connectivity index (χ2n) is 7.41. The zero-order chi connectivity index (χ0) is 23.4. The summed E-state index contributed by atoms with van der Waals surface area (Å²) < 4.78 is 11.3. The van der Waals surface area contributed by atoms with Gasteiger partial charge in [0.1, 0.15) is 24.5 Å². The van der Waals surface area contributed by atoms with Crippen molar-refractivity contribution in [1.29, 1.82) is 0 Å². The van der Waals surface area contributed by atoms with E-state index in [4.69, 9.17) is 21.1 Å². The van der Waals surface area contributed by atoms with Crippen LogP contribution < -0.4 is 15.0 Å². The van der Waals surface area contributed by atoms with Gasteiger partial charge in [0.2, 0.25) is 5.91 Å². The molecule has 3 aromatic carbocycles. The summed E-state index contributed by atoms with van der Waals surface area (Å²) in [7, 11) is 0. The van der Waals surface area contributed by atoms with E-state index in [2.05, 4.69) is 5.32 Å². The number of esters is 1. The number of nitrogens with zero attached hydrogens (tertiary/aromatic N) is 1. The lowest BCUT2D eigenvalue weighted by Crippen LogP contribution is -2.47. The van der Waals surface area contributed by atoms with Gasteiger partial charge in [-0.05, 0) is 37.3 Å². The molecule has 0 fully saturated rings. The lowest BCUT2D eigenvalue weighted by molar-refractivity contribution is -0.128. The number of hydrogen-bond acceptors (Lipinski definition) is 5. The van der Waals surface area contributed by atoms with Crippen molar-refractivity contribution in [3.63, 3.8) is 0 Å². The summed E-state index contributed by atoms with van der Waals surface area (Å²) in [5.41, 5.74) is 2.03. The van der Waals surface area contributed by atoms with Crippen LogP contribution in [0.4, 0.5) is 11.4 Å². The number of halogens is 1. The average Bonchev–Trinajstić information content (AvgIpc) is 2.82. The second kappa shape index (κ2) is 9.75. The first-order chi connectivity index (χ1) is 15.9. The molecule has 168 valence electrons. The fraction of sp³-hybridized carbons (Fsp3) is 0.160. The molecule has 1 aliphatic rings. The van der Waals surface area contributed by atoms with E-state index in [1.165, 1.54) is 11.8 Å². The molecule has 0 saturated heterocycles. The highest BCUT2D eigenvalue weighted by molar-refractivity contribution is 6.31. The van der Waals surface area contributed by atoms with Crippen LogP contribution in [0.15, 0.2) is 72.8 Å². The number of benzene rings is 3. The molecule has 1 aliphatic heterocycles. The fourth-order valence-electron chi connectivity index (χ4n) is 3.46. The maximum atomic E-state index is 13.0. The van der Waals surface area contributed by atoms with Crippen molar-refractivity contribution in [3.05, 3.63) is 88.9 Å². The Bertz CT molecular complexity index is 1210. The topological polar surface area (TPSA) is 84.9 Å². The summed E-state index contributed by atoms with van der Waals surface area (Å²) >= 11 is 6.17. The number of anilines is 2. The highest BCUT2D eigenvalue weighted by atomic mass is 35.5. The number of carbonyl (C=O) groups excluding carboxylic acids is 3. The second-order valence-corrected chi connectivity index (χ2v) is 7.82. The molecule has 1 heterocycles. The van der Waals surface area contributed by atoms with Crippen molar-refractivity contribution in [3.8, 4) is 5.75 Å². The Hall–Kier alpha value is -3.84. The summed E-state index contributed by atoms with van der Waals surface area (Å²) in [6, 6.07) is 20.8. The number of ether oxygens (including phenoxy) is 2. The van der Waals surface area contributed by atoms with Crippen LogP contribution in [0.2, 0.25) is 5.02 Å². The van der Waals surface area contributed by atoms with Crippen molar-refractivity contribution in [2.45, 2.75) is 19.6 Å². The number of nitrogens with one attached hydrogen (secondary N) is 1. The summed E-state index contributed by atoms with van der Waals surface area (Å²) in [5.74, 6) is -1.22. The predicted octanol–water partition coefficient (Wildman–Crippen LogP) is 4.45. The van der Waals surface area contributed by atoms with Crippen LogP contribution in [-0.4, -0.2) is 30.4 Å². The molecule has 33 heavy (non-hydrogen) atoms. The molecule has 1 N–H and O–H groups in total. The Balaban J connectivity index is 1.47. The SMILES string of the molecule is CC(OC(=O)c1ccccc1OCc1ccccc1Cl)C(=O)N1CC(=O)Nc2ccccc21. The van der Waals surface area contributed by atoms with Crippen LogP contribution in [0.3, 0.4) is 0 Å². The first-order valence-electron chi connectivity index (χ1n) is 10.3. The van der Waals surface area contributed by atoms with E-state index >= 15 is 0 Å². The molecule has 1 unspecified atom stereocenters. The molecule has 3 aromatic rings. The molecule has 1 atom stereocenters. The molecular weight excluding hydrogens is 444 g/mol. The number of fused-ring (bicyclic) bond motifs is 1. The van der Waals surface area contributed by atoms with E-state index in [0.717, 1.165) is 5.56 Å². The molecule has 0 aliphatic carbocycles. The van der Waals surface area contributed by atoms with Gasteiger partial charge in [-0.1, -0.05) is 54.1 Å². The minimum atomic E-state index is -1.12. The summed E-state index contributed by atoms with van der Waals surface area (Å²) in [4.78, 5) is 39.2. The van der Waals surface area contributed by atoms with E-state index in [1.54, 1.807) is 54.6 Å². The van der Waals surface area contributed by atoms with E-state index in [-0.39, 0.29) is 24.6 Å². The van der Waals surface area contributed by atoms with Gasteiger partial charge in [0.15, 0.2) is 6.10 Å². The van der Waals surface area contributed by atoms with Crippen LogP contribution in [0.5, 0.6) is 5.75 Å². The summed E-state index contributed by atoms with van der Waals surface area (Å²) in [6.07, 6.45) is -1.12. The molecule has 7 nitrogen and oxygen atoms in total. The van der Waals surface area contributed by atoms with Crippen molar-refractivity contribution >= 4 is 40.8 Å². The number of amides is 2. The summed E-state index contributed by atoms with van der Waals surface area (Å²) in [5, 5.41) is 3.28. The lowest BCUT2D eigenvalue weighted by Gasteiger charge is -2.30. The Labute approximate surface area is 195 Å². The zero-order valence-electron chi connectivity index (χ0n) is 17.8. The van der Waals surface area contributed by atoms with Gasteiger partial charge in [0.05, 0.1) is 11.4 Å². The molecule has 0 saturated carbocycles. The largest absolute Gasteiger partial charge is 0.488 e. The van der Waals surface area contributed by atoms with E-state index in [1.807, 2.05) is 18.2 Å². The molecule has 0 bridgehead atoms. The van der Waals surface area contributed by atoms with Gasteiger partial charge in [-0.2, -0.15) is 0 Å². The first kappa shape index (κ1) is 22.4. The lowest BCUT2D eigenvalue weighted by atomic mass is 10.1. The smallest absolute Gasteiger partial charge is 0.342 e. The van der Waals surface area contributed by atoms with Crippen molar-refractivity contribution in [2.24, 2.45) is 0 Å². The third-order valence-corrected chi connectivity index (χ3v) is 5.48. The van der Waals surface area contributed by atoms with Gasteiger partial charge in [-0.3, -0.25) is 14.5 Å². The van der Waals surface area contributed by atoms with Crippen molar-refractivity contribution in [2.75, 3.05) is 16.8 Å². The van der Waals surface area contributed by atoms with Crippen LogP contribution in [0.1, 0.15) is 22.8 Å². The number of para-hydroxylation sites is 3. The van der Waals surface area contributed by atoms with E-state index < -0.39 is 18.0 Å². The van der Waals surface area contributed by atoms with Crippen LogP contribution in [-0.2, 0) is 20.9 Å². The maximum absolute atomic E-state index is 13.0. The third kappa shape index (κ3) is 4.99. The van der Waals surface area contributed by atoms with Gasteiger partial charge in [0.25, 0.3) is 5.91 Å². The highest BCUT2D eigenvalue weighted by Gasteiger charge is 2.32. The van der Waals surface area contributed by atoms with Crippen LogP contribution in [0, 0.1) is 0 Å². The highest BCUT2D eigenvalue weighted by Crippen LogP contribution is 2.30. The maximum Gasteiger partial charge on any atom is 0.342 e. The number of rotatable bonds is 6. The fourth-order valence-corrected chi connectivity index (χ4v) is 3.65. The number of carbonyl (C=O) groups is 3. The average molecular weight is 465 g/mol. The minimum Gasteiger partial charge on any atom is -0.488 e. The Morgan fingerprint density at radius 3 is 2.55 bits per heavy atom. The van der Waals surface area contributed by atoms with Gasteiger partial charge >= 0.3 is 5.97 Å². The molecule has 4 rings (SSSR count). The Kier molecular flexibility index (Phi) is 6.60. The van der Waals surface area contributed by atoms with Gasteiger partial charge in [-0.25, -0.2) is 4.79 Å². The van der Waals surface area contributed by atoms with Crippen molar-refractivity contribution < 1.29 is 23.9 Å². The molecule has 2 amide bonds. The molecule has 0 spiro atoms. The molecule has 0 aromatic heterocycles. The summed E-state index contributed by atoms with van der Waals surface area (Å²) in [6.45, 7) is 1.48. The molecular formula is C25H21ClN2O5. The van der Waals surface area contributed by atoms with Gasteiger partial charge < -0.3 is 14.8 Å². The number of hydrogen-bond donors (Lipinski definition) is 1. The van der Waals surface area contributed by atoms with Gasteiger partial charge in [0, 0.05) is 10.6 Å². The van der Waals surface area contributed by atoms with Crippen molar-refractivity contribution in [1.82, 2.24) is 0 Å². The Morgan fingerprint density at radius 1 is 1.03 bits per heavy atom. The first-order valence-corrected chi connectivity index (χ1v) is 10.7. The van der Waals surface area contributed by atoms with E-state index in [9.17, 15) is 14.4 Å². The standard InChI is InChI=1S/C25H21ClN2O5/c1-16(24(30)28-14-23(29)27-20-11-5-6-12-21(20)28)33-25(31)18-9-3-7-13-22(18)32-15-17-8-2-4-10-19(17)26/h2-13,16H,14-15H2,1H3,(H,27,29). The monoisotopic (exact) mass is 464 g/mol. The van der Waals surface area contributed by atoms with Gasteiger partial charge in [-0.15, -0.1) is 0 Å². The predicted molar refractivity (Wildman–Crippen MR) is 125 cm³/mol.